The number of carboxylic acids is 1. The maximum absolute atomic E-state index is 13.5. The van der Waals surface area contributed by atoms with Crippen molar-refractivity contribution in [2.24, 2.45) is 5.73 Å². The average Bonchev–Trinajstić information content (AvgIpc) is 2.21. The van der Waals surface area contributed by atoms with Gasteiger partial charge in [0, 0.05) is 11.9 Å². The van der Waals surface area contributed by atoms with E-state index in [0.29, 0.717) is 12.1 Å². The van der Waals surface area contributed by atoms with Crippen LogP contribution in [0.3, 0.4) is 0 Å². The Morgan fingerprint density at radius 2 is 1.94 bits per heavy atom. The molecule has 0 aliphatic carbocycles. The van der Waals surface area contributed by atoms with Gasteiger partial charge >= 0.3 is 13.1 Å². The number of rotatable bonds is 4. The van der Waals surface area contributed by atoms with Gasteiger partial charge in [-0.1, -0.05) is 0 Å². The minimum atomic E-state index is -2.14. The fraction of sp³-hybridized carbons (Fsp3) is 0.300. The molecule has 1 rings (SSSR count). The van der Waals surface area contributed by atoms with Gasteiger partial charge in [0.15, 0.2) is 0 Å². The fourth-order valence-electron chi connectivity index (χ4n) is 1.41. The minimum absolute atomic E-state index is 0.246. The minimum Gasteiger partial charge on any atom is -0.480 e. The maximum Gasteiger partial charge on any atom is 0.491 e. The summed E-state index contributed by atoms with van der Waals surface area (Å²) in [4.78, 5) is 10.8. The van der Waals surface area contributed by atoms with E-state index in [0.717, 1.165) is 0 Å². The van der Waals surface area contributed by atoms with Crippen molar-refractivity contribution in [3.63, 3.8) is 0 Å². The van der Waals surface area contributed by atoms with Crippen molar-refractivity contribution in [1.82, 2.24) is 0 Å². The number of carboxylic acid groups (broad SMARTS) is 1. The van der Waals surface area contributed by atoms with Crippen LogP contribution < -0.4 is 11.2 Å². The van der Waals surface area contributed by atoms with Crippen LogP contribution in [-0.2, 0) is 11.2 Å². The van der Waals surface area contributed by atoms with Crippen molar-refractivity contribution in [3.05, 3.63) is 29.3 Å². The van der Waals surface area contributed by atoms with Crippen LogP contribution >= 0.6 is 0 Å². The molecule has 0 aromatic heterocycles. The highest BCUT2D eigenvalue weighted by atomic mass is 19.1. The number of benzene rings is 1. The zero-order valence-corrected chi connectivity index (χ0v) is 9.52. The smallest absolute Gasteiger partial charge is 0.480 e. The summed E-state index contributed by atoms with van der Waals surface area (Å²) in [7, 11) is -2.14. The molecule has 0 heterocycles. The lowest BCUT2D eigenvalue weighted by Gasteiger charge is -2.19. The molecule has 18 heavy (non-hydrogen) atoms. The first-order valence-corrected chi connectivity index (χ1v) is 5.01. The number of nitrogens with two attached hydrogens (primary N) is 1. The van der Waals surface area contributed by atoms with Crippen LogP contribution in [0.15, 0.2) is 12.1 Å². The zero-order valence-electron chi connectivity index (χ0n) is 9.52. The Kier molecular flexibility index (Phi) is 4.05. The first kappa shape index (κ1) is 14.6. The lowest BCUT2D eigenvalue weighted by Crippen LogP contribution is -2.47. The highest BCUT2D eigenvalue weighted by Crippen LogP contribution is 2.15. The number of halogens is 2. The maximum atomic E-state index is 13.5. The summed E-state index contributed by atoms with van der Waals surface area (Å²) >= 11 is 0. The Morgan fingerprint density at radius 1 is 1.39 bits per heavy atom. The molecule has 1 aromatic rings. The van der Waals surface area contributed by atoms with E-state index in [1.165, 1.54) is 6.92 Å². The molecule has 8 heteroatoms. The van der Waals surface area contributed by atoms with Gasteiger partial charge in [-0.25, -0.2) is 8.78 Å². The van der Waals surface area contributed by atoms with Crippen molar-refractivity contribution in [1.29, 1.82) is 0 Å². The molecule has 0 saturated carbocycles. The Bertz CT molecular complexity index is 479. The van der Waals surface area contributed by atoms with Crippen molar-refractivity contribution < 1.29 is 28.7 Å². The summed E-state index contributed by atoms with van der Waals surface area (Å²) in [6.07, 6.45) is -0.424. The molecule has 0 bridgehead atoms. The van der Waals surface area contributed by atoms with E-state index >= 15 is 0 Å². The molecule has 0 radical (unpaired) electrons. The third kappa shape index (κ3) is 3.03. The number of aliphatic carboxylic acids is 1. The first-order valence-electron chi connectivity index (χ1n) is 5.01. The lowest BCUT2D eigenvalue weighted by atomic mass is 9.78. The van der Waals surface area contributed by atoms with Gasteiger partial charge in [-0.15, -0.1) is 0 Å². The van der Waals surface area contributed by atoms with Crippen LogP contribution in [0.2, 0.25) is 0 Å². The monoisotopic (exact) mass is 259 g/mol. The van der Waals surface area contributed by atoms with E-state index in [-0.39, 0.29) is 5.56 Å². The van der Waals surface area contributed by atoms with Gasteiger partial charge in [0.05, 0.1) is 0 Å². The van der Waals surface area contributed by atoms with E-state index in [2.05, 4.69) is 0 Å². The average molecular weight is 259 g/mol. The summed E-state index contributed by atoms with van der Waals surface area (Å²) in [6.45, 7) is 1.17. The van der Waals surface area contributed by atoms with Gasteiger partial charge in [-0.05, 0) is 24.6 Å². The summed E-state index contributed by atoms with van der Waals surface area (Å²) in [6, 6.07) is 1.31. The van der Waals surface area contributed by atoms with E-state index in [4.69, 9.17) is 20.9 Å². The number of hydrogen-bond donors (Lipinski definition) is 4. The van der Waals surface area contributed by atoms with Crippen LogP contribution in [0.4, 0.5) is 8.78 Å². The molecule has 1 aromatic carbocycles. The molecular weight excluding hydrogens is 247 g/mol. The topological polar surface area (TPSA) is 104 Å². The molecule has 0 aliphatic heterocycles. The molecule has 0 fully saturated rings. The molecule has 98 valence electrons. The SMILES string of the molecule is C[C@@](N)(Cc1cc(F)c(B(O)O)cc1F)C(=O)O. The second kappa shape index (κ2) is 5.01. The van der Waals surface area contributed by atoms with Gasteiger partial charge in [0.25, 0.3) is 0 Å². The van der Waals surface area contributed by atoms with Gasteiger partial charge < -0.3 is 20.9 Å². The highest BCUT2D eigenvalue weighted by Gasteiger charge is 2.30. The molecule has 0 saturated heterocycles. The number of carbonyl (C=O) groups is 1. The van der Waals surface area contributed by atoms with Crippen LogP contribution in [0, 0.1) is 11.6 Å². The van der Waals surface area contributed by atoms with Crippen LogP contribution in [-0.4, -0.2) is 33.8 Å². The third-order valence-electron chi connectivity index (χ3n) is 2.49. The van der Waals surface area contributed by atoms with Crippen molar-refractivity contribution >= 4 is 18.6 Å². The normalized spacial score (nSPS) is 14.1. The van der Waals surface area contributed by atoms with Gasteiger partial charge in [0.1, 0.15) is 17.2 Å². The highest BCUT2D eigenvalue weighted by molar-refractivity contribution is 6.58. The van der Waals surface area contributed by atoms with E-state index in [9.17, 15) is 13.6 Å². The summed E-state index contributed by atoms with van der Waals surface area (Å²) in [5.41, 5.74) is 2.81. The van der Waals surface area contributed by atoms with Gasteiger partial charge in [-0.3, -0.25) is 4.79 Å². The van der Waals surface area contributed by atoms with Gasteiger partial charge in [-0.2, -0.15) is 0 Å². The zero-order chi connectivity index (χ0) is 14.1. The molecule has 0 aliphatic rings. The molecule has 1 atom stereocenters. The summed E-state index contributed by atoms with van der Waals surface area (Å²) in [5.74, 6) is -3.34. The standard InChI is InChI=1S/C10H12BF2NO4/c1-10(14,9(15)16)4-5-2-8(13)6(11(17)18)3-7(5)12/h2-3,17-18H,4,14H2,1H3,(H,15,16)/t10-/m1/s1. The molecule has 5 nitrogen and oxygen atoms in total. The quantitative estimate of drug-likeness (QED) is 0.518. The van der Waals surface area contributed by atoms with E-state index in [1.54, 1.807) is 0 Å². The second-order valence-electron chi connectivity index (χ2n) is 4.24. The van der Waals surface area contributed by atoms with Gasteiger partial charge in [0.2, 0.25) is 0 Å². The molecule has 5 N–H and O–H groups in total. The Morgan fingerprint density at radius 3 is 2.39 bits per heavy atom. The van der Waals surface area contributed by atoms with Crippen LogP contribution in [0.1, 0.15) is 12.5 Å². The largest absolute Gasteiger partial charge is 0.491 e. The Balaban J connectivity index is 3.13. The fourth-order valence-corrected chi connectivity index (χ4v) is 1.41. The Hall–Kier alpha value is -1.51. The molecule has 0 unspecified atom stereocenters. The number of hydrogen-bond acceptors (Lipinski definition) is 4. The molecule has 0 spiro atoms. The lowest BCUT2D eigenvalue weighted by molar-refractivity contribution is -0.142. The van der Waals surface area contributed by atoms with Crippen LogP contribution in [0.5, 0.6) is 0 Å². The van der Waals surface area contributed by atoms with Crippen molar-refractivity contribution in [2.45, 2.75) is 18.9 Å². The third-order valence-corrected chi connectivity index (χ3v) is 2.49. The van der Waals surface area contributed by atoms with E-state index in [1.807, 2.05) is 0 Å². The predicted molar refractivity (Wildman–Crippen MR) is 60.1 cm³/mol. The predicted octanol–water partition coefficient (Wildman–Crippen LogP) is -1.01. The summed E-state index contributed by atoms with van der Waals surface area (Å²) < 4.78 is 26.9. The Labute approximate surface area is 102 Å². The van der Waals surface area contributed by atoms with E-state index < -0.39 is 42.1 Å². The first-order chi connectivity index (χ1) is 8.15. The molecular formula is C10H12BF2NO4. The summed E-state index contributed by atoms with van der Waals surface area (Å²) in [5, 5.41) is 26.3. The van der Waals surface area contributed by atoms with Crippen LogP contribution in [0.25, 0.3) is 0 Å². The van der Waals surface area contributed by atoms with Crippen molar-refractivity contribution in [3.8, 4) is 0 Å². The van der Waals surface area contributed by atoms with Crippen molar-refractivity contribution in [2.75, 3.05) is 0 Å². The molecule has 0 amide bonds. The second-order valence-corrected chi connectivity index (χ2v) is 4.24.